The van der Waals surface area contributed by atoms with Crippen LogP contribution in [0.2, 0.25) is 0 Å². The molecular formula is C14H20O. The fraction of sp³-hybridized carbons (Fsp3) is 0.643. The molecule has 0 radical (unpaired) electrons. The molecule has 0 unspecified atom stereocenters. The molecule has 0 N–H and O–H groups in total. The first-order valence-electron chi connectivity index (χ1n) is 5.88. The molecule has 0 saturated heterocycles. The Labute approximate surface area is 92.3 Å². The Hall–Kier alpha value is -0.850. The van der Waals surface area contributed by atoms with Gasteiger partial charge in [0.1, 0.15) is 0 Å². The summed E-state index contributed by atoms with van der Waals surface area (Å²) in [5.41, 5.74) is 1.45. The second-order valence-electron chi connectivity index (χ2n) is 5.55. The van der Waals surface area contributed by atoms with E-state index in [0.29, 0.717) is 5.78 Å². The van der Waals surface area contributed by atoms with Crippen LogP contribution in [-0.2, 0) is 4.79 Å². The second kappa shape index (κ2) is 3.33. The Morgan fingerprint density at radius 3 is 2.93 bits per heavy atom. The van der Waals surface area contributed by atoms with E-state index < -0.39 is 0 Å². The van der Waals surface area contributed by atoms with Gasteiger partial charge in [-0.15, -0.1) is 6.58 Å². The summed E-state index contributed by atoms with van der Waals surface area (Å²) >= 11 is 0. The summed E-state index contributed by atoms with van der Waals surface area (Å²) in [5.74, 6) is 0.390. The smallest absolute Gasteiger partial charge is 0.159 e. The van der Waals surface area contributed by atoms with Crippen LogP contribution < -0.4 is 0 Å². The minimum absolute atomic E-state index is 0.148. The quantitative estimate of drug-likeness (QED) is 0.641. The van der Waals surface area contributed by atoms with Gasteiger partial charge in [-0.05, 0) is 36.7 Å². The maximum atomic E-state index is 11.9. The van der Waals surface area contributed by atoms with E-state index in [-0.39, 0.29) is 10.8 Å². The van der Waals surface area contributed by atoms with E-state index >= 15 is 0 Å². The Balaban J connectivity index is 2.37. The molecule has 0 aliphatic heterocycles. The summed E-state index contributed by atoms with van der Waals surface area (Å²) in [6.45, 7) is 8.30. The van der Waals surface area contributed by atoms with E-state index in [2.05, 4.69) is 26.5 Å². The van der Waals surface area contributed by atoms with Crippen molar-refractivity contribution in [3.05, 3.63) is 24.3 Å². The highest BCUT2D eigenvalue weighted by Gasteiger charge is 2.56. The lowest BCUT2D eigenvalue weighted by Gasteiger charge is -2.39. The lowest BCUT2D eigenvalue weighted by atomic mass is 9.64. The molecule has 0 amide bonds. The Morgan fingerprint density at radius 2 is 2.27 bits per heavy atom. The molecule has 1 atom stereocenters. The first kappa shape index (κ1) is 10.7. The van der Waals surface area contributed by atoms with E-state index in [1.165, 1.54) is 0 Å². The van der Waals surface area contributed by atoms with Crippen molar-refractivity contribution in [1.29, 1.82) is 0 Å². The van der Waals surface area contributed by atoms with Gasteiger partial charge in [-0.3, -0.25) is 4.79 Å². The summed E-state index contributed by atoms with van der Waals surface area (Å²) in [7, 11) is 0. The Morgan fingerprint density at radius 1 is 1.53 bits per heavy atom. The molecule has 2 aliphatic carbocycles. The number of hydrogen-bond acceptors (Lipinski definition) is 1. The van der Waals surface area contributed by atoms with Crippen LogP contribution in [0.1, 0.15) is 46.0 Å². The summed E-state index contributed by atoms with van der Waals surface area (Å²) < 4.78 is 0. The SMILES string of the molecule is C=CCC[C@]12CCC=C1C(=O)CC2(C)C. The molecule has 1 heteroatoms. The third kappa shape index (κ3) is 1.32. The van der Waals surface area contributed by atoms with Gasteiger partial charge in [-0.1, -0.05) is 26.0 Å². The van der Waals surface area contributed by atoms with Gasteiger partial charge in [0.05, 0.1) is 0 Å². The van der Waals surface area contributed by atoms with Crippen molar-refractivity contribution in [1.82, 2.24) is 0 Å². The number of carbonyl (C=O) groups is 1. The fourth-order valence-electron chi connectivity index (χ4n) is 3.49. The van der Waals surface area contributed by atoms with Crippen molar-refractivity contribution in [3.63, 3.8) is 0 Å². The first-order chi connectivity index (χ1) is 7.03. The molecule has 0 aromatic carbocycles. The van der Waals surface area contributed by atoms with Crippen molar-refractivity contribution in [2.75, 3.05) is 0 Å². The monoisotopic (exact) mass is 204 g/mol. The maximum absolute atomic E-state index is 11.9. The van der Waals surface area contributed by atoms with Crippen LogP contribution in [0.25, 0.3) is 0 Å². The molecule has 1 fully saturated rings. The summed E-state index contributed by atoms with van der Waals surface area (Å²) in [6, 6.07) is 0. The van der Waals surface area contributed by atoms with Crippen molar-refractivity contribution in [2.45, 2.75) is 46.0 Å². The Kier molecular flexibility index (Phi) is 2.37. The molecule has 0 aromatic rings. The minimum atomic E-state index is 0.148. The van der Waals surface area contributed by atoms with Gasteiger partial charge in [0.2, 0.25) is 0 Å². The Bertz CT molecular complexity index is 335. The van der Waals surface area contributed by atoms with Crippen LogP contribution in [-0.4, -0.2) is 5.78 Å². The van der Waals surface area contributed by atoms with Crippen LogP contribution >= 0.6 is 0 Å². The molecule has 0 bridgehead atoms. The molecule has 2 rings (SSSR count). The topological polar surface area (TPSA) is 17.1 Å². The largest absolute Gasteiger partial charge is 0.295 e. The number of allylic oxidation sites excluding steroid dienone is 3. The van der Waals surface area contributed by atoms with Gasteiger partial charge in [0.25, 0.3) is 0 Å². The van der Waals surface area contributed by atoms with Crippen molar-refractivity contribution >= 4 is 5.78 Å². The number of rotatable bonds is 3. The molecule has 0 aromatic heterocycles. The average molecular weight is 204 g/mol. The van der Waals surface area contributed by atoms with Gasteiger partial charge in [0, 0.05) is 11.8 Å². The zero-order valence-electron chi connectivity index (χ0n) is 9.81. The standard InChI is InChI=1S/C14H20O/c1-4-5-8-14-9-6-7-11(14)12(15)10-13(14,2)3/h4,7H,1,5-6,8-10H2,2-3H3/t14-/m0/s1. The second-order valence-corrected chi connectivity index (χ2v) is 5.55. The average Bonchev–Trinajstić information content (AvgIpc) is 2.64. The minimum Gasteiger partial charge on any atom is -0.295 e. The molecule has 0 heterocycles. The van der Waals surface area contributed by atoms with E-state index in [1.807, 2.05) is 6.08 Å². The zero-order valence-corrected chi connectivity index (χ0v) is 9.81. The molecule has 0 spiro atoms. The van der Waals surface area contributed by atoms with E-state index in [4.69, 9.17) is 0 Å². The highest BCUT2D eigenvalue weighted by molar-refractivity contribution is 6.00. The van der Waals surface area contributed by atoms with Crippen LogP contribution in [0, 0.1) is 10.8 Å². The van der Waals surface area contributed by atoms with Gasteiger partial charge < -0.3 is 0 Å². The predicted molar refractivity (Wildman–Crippen MR) is 62.6 cm³/mol. The van der Waals surface area contributed by atoms with Gasteiger partial charge >= 0.3 is 0 Å². The van der Waals surface area contributed by atoms with Crippen LogP contribution in [0.15, 0.2) is 24.3 Å². The van der Waals surface area contributed by atoms with E-state index in [1.54, 1.807) is 0 Å². The predicted octanol–water partition coefficient (Wildman–Crippen LogP) is 3.66. The third-order valence-electron chi connectivity index (χ3n) is 4.41. The first-order valence-corrected chi connectivity index (χ1v) is 5.88. The van der Waals surface area contributed by atoms with Crippen LogP contribution in [0.5, 0.6) is 0 Å². The summed E-state index contributed by atoms with van der Waals surface area (Å²) in [5, 5.41) is 0. The summed E-state index contributed by atoms with van der Waals surface area (Å²) in [4.78, 5) is 11.9. The number of fused-ring (bicyclic) bond motifs is 1. The van der Waals surface area contributed by atoms with Crippen LogP contribution in [0.4, 0.5) is 0 Å². The normalized spacial score (nSPS) is 32.7. The van der Waals surface area contributed by atoms with Crippen LogP contribution in [0.3, 0.4) is 0 Å². The zero-order chi connectivity index (χ0) is 11.1. The van der Waals surface area contributed by atoms with Gasteiger partial charge in [-0.25, -0.2) is 0 Å². The molecule has 2 aliphatic rings. The number of ketones is 1. The maximum Gasteiger partial charge on any atom is 0.159 e. The lowest BCUT2D eigenvalue weighted by Crippen LogP contribution is -2.32. The number of hydrogen-bond donors (Lipinski definition) is 0. The number of carbonyl (C=O) groups excluding carboxylic acids is 1. The van der Waals surface area contributed by atoms with Gasteiger partial charge in [-0.2, -0.15) is 0 Å². The fourth-order valence-corrected chi connectivity index (χ4v) is 3.49. The van der Waals surface area contributed by atoms with Crippen molar-refractivity contribution in [2.24, 2.45) is 10.8 Å². The molecular weight excluding hydrogens is 184 g/mol. The van der Waals surface area contributed by atoms with Crippen molar-refractivity contribution in [3.8, 4) is 0 Å². The van der Waals surface area contributed by atoms with E-state index in [0.717, 1.165) is 37.7 Å². The lowest BCUT2D eigenvalue weighted by molar-refractivity contribution is -0.115. The van der Waals surface area contributed by atoms with Crippen molar-refractivity contribution < 1.29 is 4.79 Å². The molecule has 82 valence electrons. The highest BCUT2D eigenvalue weighted by Crippen LogP contribution is 2.61. The van der Waals surface area contributed by atoms with E-state index in [9.17, 15) is 4.79 Å². The molecule has 1 nitrogen and oxygen atoms in total. The van der Waals surface area contributed by atoms with Gasteiger partial charge in [0.15, 0.2) is 5.78 Å². The molecule has 15 heavy (non-hydrogen) atoms. The highest BCUT2D eigenvalue weighted by atomic mass is 16.1. The molecule has 1 saturated carbocycles. The summed E-state index contributed by atoms with van der Waals surface area (Å²) in [6.07, 6.45) is 9.26. The number of Topliss-reactive ketones (excluding diaryl/α,β-unsaturated/α-hetero) is 1. The third-order valence-corrected chi connectivity index (χ3v) is 4.41.